The number of aromatic nitrogens is 2. The normalized spacial score (nSPS) is 23.2. The Bertz CT molecular complexity index is 650. The fourth-order valence-electron chi connectivity index (χ4n) is 2.64. The number of aliphatic hydroxyl groups excluding tert-OH is 1. The Kier molecular flexibility index (Phi) is 3.22. The molecule has 2 unspecified atom stereocenters. The lowest BCUT2D eigenvalue weighted by molar-refractivity contribution is 0.0244. The first-order valence-electron chi connectivity index (χ1n) is 6.97. The highest BCUT2D eigenvalue weighted by molar-refractivity contribution is 5.93. The highest BCUT2D eigenvalue weighted by Crippen LogP contribution is 2.19. The van der Waals surface area contributed by atoms with E-state index in [9.17, 15) is 9.90 Å². The van der Waals surface area contributed by atoms with Crippen molar-refractivity contribution in [1.29, 1.82) is 0 Å². The molecule has 106 valence electrons. The number of pyridine rings is 1. The number of hydrogen-bond acceptors (Lipinski definition) is 3. The van der Waals surface area contributed by atoms with E-state index in [4.69, 9.17) is 0 Å². The molecule has 0 saturated carbocycles. The Hall–Kier alpha value is -1.88. The van der Waals surface area contributed by atoms with E-state index >= 15 is 0 Å². The maximum atomic E-state index is 12.6. The molecular weight excluding hydrogens is 254 g/mol. The smallest absolute Gasteiger partial charge is 0.272 e. The summed E-state index contributed by atoms with van der Waals surface area (Å²) in [6, 6.07) is 3.88. The van der Waals surface area contributed by atoms with E-state index in [-0.39, 0.29) is 11.8 Å². The van der Waals surface area contributed by atoms with Crippen LogP contribution in [0, 0.1) is 12.8 Å². The summed E-state index contributed by atoms with van der Waals surface area (Å²) in [5.74, 6) is 0.192. The van der Waals surface area contributed by atoms with Crippen LogP contribution >= 0.6 is 0 Å². The fourth-order valence-corrected chi connectivity index (χ4v) is 2.64. The molecule has 1 aliphatic rings. The number of aryl methyl sites for hydroxylation is 1. The van der Waals surface area contributed by atoms with Crippen LogP contribution in [0.5, 0.6) is 0 Å². The molecule has 1 amide bonds. The maximum Gasteiger partial charge on any atom is 0.272 e. The van der Waals surface area contributed by atoms with Crippen LogP contribution in [0.4, 0.5) is 0 Å². The van der Waals surface area contributed by atoms with E-state index < -0.39 is 6.10 Å². The minimum absolute atomic E-state index is 0.0611. The van der Waals surface area contributed by atoms with Crippen molar-refractivity contribution in [2.75, 3.05) is 13.1 Å². The molecule has 5 nitrogen and oxygen atoms in total. The number of rotatable bonds is 1. The van der Waals surface area contributed by atoms with Gasteiger partial charge in [0.25, 0.3) is 5.91 Å². The molecule has 3 rings (SSSR count). The van der Waals surface area contributed by atoms with Crippen molar-refractivity contribution in [3.05, 3.63) is 35.8 Å². The van der Waals surface area contributed by atoms with Crippen molar-refractivity contribution >= 4 is 11.6 Å². The average Bonchev–Trinajstić information content (AvgIpc) is 2.84. The third-order valence-corrected chi connectivity index (χ3v) is 4.08. The average molecular weight is 273 g/mol. The number of nitrogens with zero attached hydrogens (tertiary/aromatic N) is 3. The van der Waals surface area contributed by atoms with E-state index in [0.29, 0.717) is 18.8 Å². The minimum Gasteiger partial charge on any atom is -0.391 e. The highest BCUT2D eigenvalue weighted by atomic mass is 16.3. The van der Waals surface area contributed by atoms with Crippen LogP contribution in [0.3, 0.4) is 0 Å². The molecule has 2 atom stereocenters. The van der Waals surface area contributed by atoms with Crippen LogP contribution in [0.25, 0.3) is 5.65 Å². The summed E-state index contributed by atoms with van der Waals surface area (Å²) in [5.41, 5.74) is 2.41. The van der Waals surface area contributed by atoms with E-state index in [2.05, 4.69) is 4.98 Å². The van der Waals surface area contributed by atoms with Gasteiger partial charge in [0, 0.05) is 19.3 Å². The van der Waals surface area contributed by atoms with Crippen LogP contribution in [0.1, 0.15) is 29.4 Å². The lowest BCUT2D eigenvalue weighted by Crippen LogP contribution is -2.46. The number of likely N-dealkylation sites (tertiary alicyclic amines) is 1. The van der Waals surface area contributed by atoms with Crippen molar-refractivity contribution in [3.8, 4) is 0 Å². The first-order chi connectivity index (χ1) is 9.56. The number of amides is 1. The SMILES string of the molecule is Cc1ccc2ncc(C(=O)N3CCC(C)C(O)C3)n2c1. The second-order valence-corrected chi connectivity index (χ2v) is 5.66. The van der Waals surface area contributed by atoms with Gasteiger partial charge < -0.3 is 10.0 Å². The molecule has 1 fully saturated rings. The number of aliphatic hydroxyl groups is 1. The third kappa shape index (κ3) is 2.18. The predicted octanol–water partition coefficient (Wildman–Crippen LogP) is 1.49. The van der Waals surface area contributed by atoms with Crippen molar-refractivity contribution in [1.82, 2.24) is 14.3 Å². The zero-order valence-electron chi connectivity index (χ0n) is 11.8. The zero-order valence-corrected chi connectivity index (χ0v) is 11.8. The summed E-state index contributed by atoms with van der Waals surface area (Å²) in [7, 11) is 0. The van der Waals surface area contributed by atoms with Crippen molar-refractivity contribution in [2.45, 2.75) is 26.4 Å². The molecule has 3 heterocycles. The summed E-state index contributed by atoms with van der Waals surface area (Å²) in [4.78, 5) is 18.6. The van der Waals surface area contributed by atoms with Crippen LogP contribution < -0.4 is 0 Å². The van der Waals surface area contributed by atoms with Crippen molar-refractivity contribution in [2.24, 2.45) is 5.92 Å². The molecular formula is C15H19N3O2. The molecule has 0 bridgehead atoms. The van der Waals surface area contributed by atoms with Gasteiger partial charge in [-0.25, -0.2) is 4.98 Å². The highest BCUT2D eigenvalue weighted by Gasteiger charge is 2.29. The lowest BCUT2D eigenvalue weighted by atomic mass is 9.96. The topological polar surface area (TPSA) is 57.8 Å². The largest absolute Gasteiger partial charge is 0.391 e. The molecule has 1 N–H and O–H groups in total. The van der Waals surface area contributed by atoms with Gasteiger partial charge in [0.15, 0.2) is 0 Å². The molecule has 0 radical (unpaired) electrons. The quantitative estimate of drug-likeness (QED) is 0.856. The summed E-state index contributed by atoms with van der Waals surface area (Å²) < 4.78 is 1.82. The van der Waals surface area contributed by atoms with Gasteiger partial charge in [0.1, 0.15) is 11.3 Å². The number of fused-ring (bicyclic) bond motifs is 1. The van der Waals surface area contributed by atoms with E-state index in [1.165, 1.54) is 0 Å². The Labute approximate surface area is 117 Å². The number of β-amino-alcohol motifs (C(OH)–C–C–N with tert-alkyl or cyclic N) is 1. The molecule has 2 aromatic heterocycles. The number of hydrogen-bond donors (Lipinski definition) is 1. The van der Waals surface area contributed by atoms with Gasteiger partial charge in [0.2, 0.25) is 0 Å². The number of carbonyl (C=O) groups excluding carboxylic acids is 1. The predicted molar refractivity (Wildman–Crippen MR) is 75.6 cm³/mol. The van der Waals surface area contributed by atoms with Crippen LogP contribution in [-0.4, -0.2) is 44.5 Å². The summed E-state index contributed by atoms with van der Waals surface area (Å²) in [6.45, 7) is 5.10. The van der Waals surface area contributed by atoms with Crippen LogP contribution in [0.15, 0.2) is 24.5 Å². The molecule has 2 aromatic rings. The van der Waals surface area contributed by atoms with Gasteiger partial charge >= 0.3 is 0 Å². The minimum atomic E-state index is -0.436. The number of carbonyl (C=O) groups is 1. The summed E-state index contributed by atoms with van der Waals surface area (Å²) in [5, 5.41) is 9.94. The standard InChI is InChI=1S/C15H19N3O2/c1-10-3-4-14-16-7-12(18(14)8-10)15(20)17-6-5-11(2)13(19)9-17/h3-4,7-8,11,13,19H,5-6,9H2,1-2H3. The third-order valence-electron chi connectivity index (χ3n) is 4.08. The van der Waals surface area contributed by atoms with Crippen molar-refractivity contribution in [3.63, 3.8) is 0 Å². The fraction of sp³-hybridized carbons (Fsp3) is 0.467. The number of imidazole rings is 1. The van der Waals surface area contributed by atoms with Gasteiger partial charge in [-0.3, -0.25) is 9.20 Å². The van der Waals surface area contributed by atoms with Crippen molar-refractivity contribution < 1.29 is 9.90 Å². The first kappa shape index (κ1) is 13.1. The first-order valence-corrected chi connectivity index (χ1v) is 6.97. The molecule has 1 aliphatic heterocycles. The van der Waals surface area contributed by atoms with Gasteiger partial charge in [0.05, 0.1) is 12.3 Å². The van der Waals surface area contributed by atoms with Gasteiger partial charge in [-0.2, -0.15) is 0 Å². The maximum absolute atomic E-state index is 12.6. The zero-order chi connectivity index (χ0) is 14.3. The monoisotopic (exact) mass is 273 g/mol. The molecule has 20 heavy (non-hydrogen) atoms. The van der Waals surface area contributed by atoms with Crippen LogP contribution in [-0.2, 0) is 0 Å². The van der Waals surface area contributed by atoms with E-state index in [1.807, 2.05) is 36.6 Å². The summed E-state index contributed by atoms with van der Waals surface area (Å²) >= 11 is 0. The molecule has 0 spiro atoms. The molecule has 0 aromatic carbocycles. The Morgan fingerprint density at radius 2 is 2.25 bits per heavy atom. The summed E-state index contributed by atoms with van der Waals surface area (Å²) in [6.07, 6.45) is 3.93. The Morgan fingerprint density at radius 3 is 3.00 bits per heavy atom. The van der Waals surface area contributed by atoms with Gasteiger partial charge in [-0.15, -0.1) is 0 Å². The molecule has 1 saturated heterocycles. The van der Waals surface area contributed by atoms with Gasteiger partial charge in [-0.1, -0.05) is 13.0 Å². The van der Waals surface area contributed by atoms with E-state index in [0.717, 1.165) is 17.6 Å². The molecule has 0 aliphatic carbocycles. The Balaban J connectivity index is 1.91. The van der Waals surface area contributed by atoms with E-state index in [1.54, 1.807) is 11.1 Å². The van der Waals surface area contributed by atoms with Gasteiger partial charge in [-0.05, 0) is 30.9 Å². The number of piperidine rings is 1. The Morgan fingerprint density at radius 1 is 1.45 bits per heavy atom. The van der Waals surface area contributed by atoms with Crippen LogP contribution in [0.2, 0.25) is 0 Å². The molecule has 5 heteroatoms. The second kappa shape index (κ2) is 4.90. The second-order valence-electron chi connectivity index (χ2n) is 5.66. The lowest BCUT2D eigenvalue weighted by Gasteiger charge is -2.34.